The summed E-state index contributed by atoms with van der Waals surface area (Å²) in [6.45, 7) is 5.84. The van der Waals surface area contributed by atoms with Crippen molar-refractivity contribution in [3.63, 3.8) is 0 Å². The van der Waals surface area contributed by atoms with Gasteiger partial charge < -0.3 is 14.7 Å². The van der Waals surface area contributed by atoms with Crippen LogP contribution in [-0.4, -0.2) is 10.1 Å². The number of rotatable bonds is 2. The molecule has 3 aromatic heterocycles. The van der Waals surface area contributed by atoms with E-state index in [2.05, 4.69) is 10.1 Å². The maximum Gasteiger partial charge on any atom is 0.230 e. The van der Waals surface area contributed by atoms with E-state index in [4.69, 9.17) is 14.7 Å². The second-order valence-corrected chi connectivity index (χ2v) is 4.73. The van der Waals surface area contributed by atoms with Crippen molar-refractivity contribution in [1.82, 2.24) is 10.1 Å². The zero-order valence-electron chi connectivity index (χ0n) is 11.6. The molecule has 0 aliphatic rings. The first-order valence-electron chi connectivity index (χ1n) is 6.32. The summed E-state index contributed by atoms with van der Waals surface area (Å²) in [6, 6.07) is 3.78. The molecule has 0 bridgehead atoms. The third kappa shape index (κ3) is 1.79. The van der Waals surface area contributed by atoms with Crippen molar-refractivity contribution in [2.45, 2.75) is 20.8 Å². The largest absolute Gasteiger partial charge is 0.466 e. The number of furan rings is 1. The normalized spacial score (nSPS) is 10.9. The summed E-state index contributed by atoms with van der Waals surface area (Å²) < 4.78 is 10.8. The Balaban J connectivity index is 2.27. The van der Waals surface area contributed by atoms with Crippen molar-refractivity contribution in [1.29, 1.82) is 0 Å². The highest BCUT2D eigenvalue weighted by Gasteiger charge is 2.23. The molecule has 0 saturated carbocycles. The van der Waals surface area contributed by atoms with E-state index in [0.29, 0.717) is 5.69 Å². The van der Waals surface area contributed by atoms with Gasteiger partial charge in [0, 0.05) is 23.5 Å². The first-order chi connectivity index (χ1) is 9.59. The molecular weight excluding hydrogens is 254 g/mol. The number of hydrogen-bond donors (Lipinski definition) is 1. The Morgan fingerprint density at radius 2 is 1.90 bits per heavy atom. The Hall–Kier alpha value is -2.56. The first kappa shape index (κ1) is 12.5. The number of aryl methyl sites for hydroxylation is 2. The van der Waals surface area contributed by atoms with Crippen LogP contribution < -0.4 is 5.73 Å². The zero-order chi connectivity index (χ0) is 14.3. The van der Waals surface area contributed by atoms with Gasteiger partial charge in [0.15, 0.2) is 0 Å². The van der Waals surface area contributed by atoms with E-state index in [-0.39, 0.29) is 5.88 Å². The van der Waals surface area contributed by atoms with Crippen LogP contribution in [0.4, 0.5) is 5.88 Å². The fourth-order valence-electron chi connectivity index (χ4n) is 2.40. The van der Waals surface area contributed by atoms with Gasteiger partial charge in [-0.2, -0.15) is 0 Å². The number of aromatic nitrogens is 2. The molecule has 0 aromatic carbocycles. The molecule has 0 saturated heterocycles. The molecule has 5 heteroatoms. The van der Waals surface area contributed by atoms with Gasteiger partial charge >= 0.3 is 0 Å². The second kappa shape index (κ2) is 4.52. The van der Waals surface area contributed by atoms with Crippen molar-refractivity contribution in [2.75, 3.05) is 5.73 Å². The van der Waals surface area contributed by atoms with Crippen LogP contribution in [0.2, 0.25) is 0 Å². The fraction of sp³-hybridized carbons (Fsp3) is 0.200. The topological polar surface area (TPSA) is 78.1 Å². The minimum Gasteiger partial charge on any atom is -0.466 e. The molecule has 0 aliphatic carbocycles. The van der Waals surface area contributed by atoms with Gasteiger partial charge in [-0.25, -0.2) is 0 Å². The molecule has 0 spiro atoms. The van der Waals surface area contributed by atoms with Crippen LogP contribution in [0, 0.1) is 20.8 Å². The first-order valence-corrected chi connectivity index (χ1v) is 6.32. The van der Waals surface area contributed by atoms with Crippen LogP contribution in [0.15, 0.2) is 33.5 Å². The summed E-state index contributed by atoms with van der Waals surface area (Å²) in [5.74, 6) is 1.96. The molecule has 0 atom stereocenters. The molecule has 102 valence electrons. The van der Waals surface area contributed by atoms with E-state index in [1.807, 2.05) is 32.9 Å². The number of hydrogen-bond acceptors (Lipinski definition) is 5. The molecule has 3 rings (SSSR count). The highest BCUT2D eigenvalue weighted by Crippen LogP contribution is 2.40. The smallest absolute Gasteiger partial charge is 0.230 e. The lowest BCUT2D eigenvalue weighted by Crippen LogP contribution is -1.89. The standard InChI is InChI=1S/C15H15N3O2/c1-8-9(2)19-10(3)12(8)14-13(15(16)20-18-14)11-5-4-6-17-7-11/h4-7H,16H2,1-3H3. The molecule has 0 amide bonds. The molecule has 0 radical (unpaired) electrons. The Labute approximate surface area is 116 Å². The van der Waals surface area contributed by atoms with Crippen LogP contribution in [-0.2, 0) is 0 Å². The lowest BCUT2D eigenvalue weighted by molar-refractivity contribution is 0.439. The lowest BCUT2D eigenvalue weighted by Gasteiger charge is -2.02. The third-order valence-corrected chi connectivity index (χ3v) is 3.47. The van der Waals surface area contributed by atoms with E-state index in [1.54, 1.807) is 12.4 Å². The minimum atomic E-state index is 0.283. The van der Waals surface area contributed by atoms with E-state index in [9.17, 15) is 0 Å². The minimum absolute atomic E-state index is 0.283. The summed E-state index contributed by atoms with van der Waals surface area (Å²) in [6.07, 6.45) is 3.45. The highest BCUT2D eigenvalue weighted by atomic mass is 16.5. The predicted molar refractivity (Wildman–Crippen MR) is 76.1 cm³/mol. The number of pyridine rings is 1. The van der Waals surface area contributed by atoms with E-state index in [1.165, 1.54) is 0 Å². The molecule has 20 heavy (non-hydrogen) atoms. The van der Waals surface area contributed by atoms with Crippen LogP contribution in [0.1, 0.15) is 17.1 Å². The molecule has 3 heterocycles. The third-order valence-electron chi connectivity index (χ3n) is 3.47. The predicted octanol–water partition coefficient (Wildman–Crippen LogP) is 3.50. The molecule has 3 aromatic rings. The van der Waals surface area contributed by atoms with Gasteiger partial charge in [0.25, 0.3) is 0 Å². The van der Waals surface area contributed by atoms with Gasteiger partial charge in [0.05, 0.1) is 5.56 Å². The quantitative estimate of drug-likeness (QED) is 0.770. The van der Waals surface area contributed by atoms with Crippen LogP contribution in [0.3, 0.4) is 0 Å². The molecule has 0 unspecified atom stereocenters. The maximum atomic E-state index is 5.93. The zero-order valence-corrected chi connectivity index (χ0v) is 11.6. The van der Waals surface area contributed by atoms with Crippen LogP contribution >= 0.6 is 0 Å². The Kier molecular flexibility index (Phi) is 2.82. The van der Waals surface area contributed by atoms with Gasteiger partial charge in [-0.05, 0) is 32.4 Å². The maximum absolute atomic E-state index is 5.93. The summed E-state index contributed by atoms with van der Waals surface area (Å²) in [5, 5.41) is 4.11. The molecule has 0 fully saturated rings. The average molecular weight is 269 g/mol. The van der Waals surface area contributed by atoms with E-state index >= 15 is 0 Å². The van der Waals surface area contributed by atoms with Gasteiger partial charge in [0.1, 0.15) is 17.2 Å². The number of nitrogen functional groups attached to an aromatic ring is 1. The van der Waals surface area contributed by atoms with Crippen molar-refractivity contribution >= 4 is 5.88 Å². The second-order valence-electron chi connectivity index (χ2n) is 4.73. The van der Waals surface area contributed by atoms with Crippen LogP contribution in [0.5, 0.6) is 0 Å². The number of nitrogens with two attached hydrogens (primary N) is 1. The van der Waals surface area contributed by atoms with Gasteiger partial charge in [0.2, 0.25) is 5.88 Å². The van der Waals surface area contributed by atoms with E-state index < -0.39 is 0 Å². The SMILES string of the molecule is Cc1oc(C)c(-c2noc(N)c2-c2cccnc2)c1C. The van der Waals surface area contributed by atoms with Crippen molar-refractivity contribution in [3.05, 3.63) is 41.6 Å². The van der Waals surface area contributed by atoms with Crippen molar-refractivity contribution in [2.24, 2.45) is 0 Å². The number of nitrogens with zero attached hydrogens (tertiary/aromatic N) is 2. The Morgan fingerprint density at radius 1 is 1.10 bits per heavy atom. The molecule has 2 N–H and O–H groups in total. The Bertz CT molecular complexity index is 757. The van der Waals surface area contributed by atoms with Gasteiger partial charge in [-0.1, -0.05) is 11.2 Å². The monoisotopic (exact) mass is 269 g/mol. The van der Waals surface area contributed by atoms with Gasteiger partial charge in [-0.15, -0.1) is 0 Å². The summed E-state index contributed by atoms with van der Waals surface area (Å²) in [5.41, 5.74) is 10.2. The average Bonchev–Trinajstić information content (AvgIpc) is 2.92. The molecular formula is C15H15N3O2. The summed E-state index contributed by atoms with van der Waals surface area (Å²) >= 11 is 0. The van der Waals surface area contributed by atoms with Gasteiger partial charge in [-0.3, -0.25) is 4.98 Å². The van der Waals surface area contributed by atoms with Crippen molar-refractivity contribution in [3.8, 4) is 22.4 Å². The molecule has 0 aliphatic heterocycles. The number of anilines is 1. The van der Waals surface area contributed by atoms with Crippen LogP contribution in [0.25, 0.3) is 22.4 Å². The summed E-state index contributed by atoms with van der Waals surface area (Å²) in [7, 11) is 0. The Morgan fingerprint density at radius 3 is 2.50 bits per heavy atom. The fourth-order valence-corrected chi connectivity index (χ4v) is 2.40. The van der Waals surface area contributed by atoms with Crippen molar-refractivity contribution < 1.29 is 8.94 Å². The molecule has 5 nitrogen and oxygen atoms in total. The summed E-state index contributed by atoms with van der Waals surface area (Å²) in [4.78, 5) is 4.12. The highest BCUT2D eigenvalue weighted by molar-refractivity contribution is 5.88. The lowest BCUT2D eigenvalue weighted by atomic mass is 9.99. The van der Waals surface area contributed by atoms with E-state index in [0.717, 1.165) is 33.8 Å².